The van der Waals surface area contributed by atoms with Crippen LogP contribution >= 0.6 is 0 Å². The van der Waals surface area contributed by atoms with Crippen molar-refractivity contribution in [2.75, 3.05) is 45.2 Å². The Bertz CT molecular complexity index is 378. The number of nitrogens with one attached hydrogen (secondary N) is 1. The van der Waals surface area contributed by atoms with E-state index in [1.54, 1.807) is 0 Å². The Morgan fingerprint density at radius 3 is 2.84 bits per heavy atom. The summed E-state index contributed by atoms with van der Waals surface area (Å²) in [5.74, 6) is 1.72. The van der Waals surface area contributed by atoms with Gasteiger partial charge in [-0.25, -0.2) is 0 Å². The molecule has 0 bridgehead atoms. The first kappa shape index (κ1) is 14.2. The average Bonchev–Trinajstić information content (AvgIpc) is 2.82. The van der Waals surface area contributed by atoms with Crippen LogP contribution in [0.1, 0.15) is 19.0 Å². The van der Waals surface area contributed by atoms with E-state index < -0.39 is 0 Å². The molecule has 2 heterocycles. The van der Waals surface area contributed by atoms with Crippen LogP contribution in [0.5, 0.6) is 0 Å². The molecule has 2 rings (SSSR count). The highest BCUT2D eigenvalue weighted by Crippen LogP contribution is 2.17. The number of likely N-dealkylation sites (tertiary alicyclic amines) is 1. The second-order valence-corrected chi connectivity index (χ2v) is 5.46. The summed E-state index contributed by atoms with van der Waals surface area (Å²) in [4.78, 5) is 4.61. The predicted molar refractivity (Wildman–Crippen MR) is 78.3 cm³/mol. The molecule has 1 saturated heterocycles. The highest BCUT2D eigenvalue weighted by Gasteiger charge is 2.21. The lowest BCUT2D eigenvalue weighted by Crippen LogP contribution is -2.28. The van der Waals surface area contributed by atoms with Crippen molar-refractivity contribution in [2.45, 2.75) is 19.9 Å². The summed E-state index contributed by atoms with van der Waals surface area (Å²) in [6, 6.07) is 4.13. The van der Waals surface area contributed by atoms with E-state index in [0.717, 1.165) is 37.1 Å². The van der Waals surface area contributed by atoms with E-state index in [1.165, 1.54) is 19.5 Å². The van der Waals surface area contributed by atoms with E-state index in [2.05, 4.69) is 58.5 Å². The second kappa shape index (κ2) is 6.82. The topological polar surface area (TPSA) is 44.3 Å². The van der Waals surface area contributed by atoms with Gasteiger partial charge in [-0.1, -0.05) is 6.92 Å². The van der Waals surface area contributed by atoms with Crippen molar-refractivity contribution in [3.05, 3.63) is 17.8 Å². The Kier molecular flexibility index (Phi) is 5.10. The Balaban J connectivity index is 1.86. The fraction of sp³-hybridized carbons (Fsp3) is 0.714. The fourth-order valence-corrected chi connectivity index (χ4v) is 2.56. The maximum Gasteiger partial charge on any atom is 0.150 e. The van der Waals surface area contributed by atoms with Crippen LogP contribution < -0.4 is 10.2 Å². The molecule has 0 aromatic carbocycles. The van der Waals surface area contributed by atoms with E-state index >= 15 is 0 Å². The smallest absolute Gasteiger partial charge is 0.150 e. The van der Waals surface area contributed by atoms with Gasteiger partial charge in [0.1, 0.15) is 0 Å². The molecular formula is C14H25N5. The van der Waals surface area contributed by atoms with E-state index in [0.29, 0.717) is 0 Å². The van der Waals surface area contributed by atoms with Crippen LogP contribution in [-0.4, -0.2) is 55.4 Å². The standard InChI is InChI=1S/C14H25N5/c1-4-15-9-13-5-6-14(17-16-13)19(3)11-12-7-8-18(2)10-12/h5-6,12,15H,4,7-11H2,1-3H3. The predicted octanol–water partition coefficient (Wildman–Crippen LogP) is 0.974. The minimum absolute atomic E-state index is 0.748. The number of rotatable bonds is 6. The first-order valence-corrected chi connectivity index (χ1v) is 7.12. The SMILES string of the molecule is CCNCc1ccc(N(C)CC2CCN(C)C2)nn1. The zero-order valence-electron chi connectivity index (χ0n) is 12.3. The van der Waals surface area contributed by atoms with Crippen molar-refractivity contribution >= 4 is 5.82 Å². The molecule has 5 heteroatoms. The van der Waals surface area contributed by atoms with Crippen molar-refractivity contribution < 1.29 is 0 Å². The monoisotopic (exact) mass is 263 g/mol. The first-order chi connectivity index (χ1) is 9.19. The van der Waals surface area contributed by atoms with E-state index in [9.17, 15) is 0 Å². The molecule has 1 aliphatic heterocycles. The summed E-state index contributed by atoms with van der Waals surface area (Å²) in [5.41, 5.74) is 1.000. The number of hydrogen-bond acceptors (Lipinski definition) is 5. The van der Waals surface area contributed by atoms with Gasteiger partial charge in [0.15, 0.2) is 5.82 Å². The molecule has 1 N–H and O–H groups in total. The maximum absolute atomic E-state index is 4.31. The van der Waals surface area contributed by atoms with Crippen LogP contribution in [0.2, 0.25) is 0 Å². The lowest BCUT2D eigenvalue weighted by atomic mass is 10.1. The van der Waals surface area contributed by atoms with Crippen molar-refractivity contribution in [3.63, 3.8) is 0 Å². The van der Waals surface area contributed by atoms with Gasteiger partial charge in [0.2, 0.25) is 0 Å². The van der Waals surface area contributed by atoms with Gasteiger partial charge in [-0.15, -0.1) is 5.10 Å². The molecule has 1 fully saturated rings. The van der Waals surface area contributed by atoms with Gasteiger partial charge < -0.3 is 15.1 Å². The molecule has 0 amide bonds. The molecule has 1 aromatic heterocycles. The number of nitrogens with zero attached hydrogens (tertiary/aromatic N) is 4. The third kappa shape index (κ3) is 4.14. The molecule has 0 radical (unpaired) electrons. The summed E-state index contributed by atoms with van der Waals surface area (Å²) in [6.07, 6.45) is 1.28. The zero-order valence-corrected chi connectivity index (χ0v) is 12.3. The summed E-state index contributed by atoms with van der Waals surface area (Å²) < 4.78 is 0. The van der Waals surface area contributed by atoms with Crippen molar-refractivity contribution in [1.29, 1.82) is 0 Å². The van der Waals surface area contributed by atoms with Gasteiger partial charge in [-0.3, -0.25) is 0 Å². The van der Waals surface area contributed by atoms with Gasteiger partial charge in [0.05, 0.1) is 5.69 Å². The molecule has 106 valence electrons. The molecule has 5 nitrogen and oxygen atoms in total. The number of aromatic nitrogens is 2. The molecule has 1 unspecified atom stereocenters. The summed E-state index contributed by atoms with van der Waals surface area (Å²) >= 11 is 0. The molecule has 0 aliphatic carbocycles. The van der Waals surface area contributed by atoms with Crippen molar-refractivity contribution in [2.24, 2.45) is 5.92 Å². The lowest BCUT2D eigenvalue weighted by molar-refractivity contribution is 0.395. The highest BCUT2D eigenvalue weighted by molar-refractivity contribution is 5.36. The summed E-state index contributed by atoms with van der Waals surface area (Å²) in [6.45, 7) is 7.31. The van der Waals surface area contributed by atoms with E-state index in [1.807, 2.05) is 0 Å². The Morgan fingerprint density at radius 2 is 2.26 bits per heavy atom. The minimum atomic E-state index is 0.748. The lowest BCUT2D eigenvalue weighted by Gasteiger charge is -2.21. The van der Waals surface area contributed by atoms with Gasteiger partial charge in [-0.05, 0) is 44.6 Å². The first-order valence-electron chi connectivity index (χ1n) is 7.12. The van der Waals surface area contributed by atoms with Crippen LogP contribution in [0.4, 0.5) is 5.82 Å². The van der Waals surface area contributed by atoms with Crippen LogP contribution in [0.3, 0.4) is 0 Å². The van der Waals surface area contributed by atoms with Crippen molar-refractivity contribution in [1.82, 2.24) is 20.4 Å². The van der Waals surface area contributed by atoms with Gasteiger partial charge in [-0.2, -0.15) is 5.10 Å². The third-order valence-corrected chi connectivity index (χ3v) is 3.67. The van der Waals surface area contributed by atoms with E-state index in [4.69, 9.17) is 0 Å². The van der Waals surface area contributed by atoms with Crippen molar-refractivity contribution in [3.8, 4) is 0 Å². The van der Waals surface area contributed by atoms with Crippen LogP contribution in [0.25, 0.3) is 0 Å². The minimum Gasteiger partial charge on any atom is -0.358 e. The van der Waals surface area contributed by atoms with Gasteiger partial charge >= 0.3 is 0 Å². The van der Waals surface area contributed by atoms with Crippen LogP contribution in [0.15, 0.2) is 12.1 Å². The molecule has 0 saturated carbocycles. The highest BCUT2D eigenvalue weighted by atomic mass is 15.3. The average molecular weight is 263 g/mol. The number of hydrogen-bond donors (Lipinski definition) is 1. The fourth-order valence-electron chi connectivity index (χ4n) is 2.56. The second-order valence-electron chi connectivity index (χ2n) is 5.46. The summed E-state index contributed by atoms with van der Waals surface area (Å²) in [7, 11) is 4.29. The number of anilines is 1. The summed E-state index contributed by atoms with van der Waals surface area (Å²) in [5, 5.41) is 11.8. The molecule has 19 heavy (non-hydrogen) atoms. The zero-order chi connectivity index (χ0) is 13.7. The Morgan fingerprint density at radius 1 is 1.42 bits per heavy atom. The van der Waals surface area contributed by atoms with E-state index in [-0.39, 0.29) is 0 Å². The van der Waals surface area contributed by atoms with Crippen LogP contribution in [-0.2, 0) is 6.54 Å². The molecule has 1 aromatic rings. The normalized spacial score (nSPS) is 19.8. The van der Waals surface area contributed by atoms with Gasteiger partial charge in [0.25, 0.3) is 0 Å². The van der Waals surface area contributed by atoms with Gasteiger partial charge in [0, 0.05) is 26.7 Å². The molecular weight excluding hydrogens is 238 g/mol. The Hall–Kier alpha value is -1.20. The third-order valence-electron chi connectivity index (χ3n) is 3.67. The Labute approximate surface area is 116 Å². The molecule has 1 atom stereocenters. The maximum atomic E-state index is 4.31. The largest absolute Gasteiger partial charge is 0.358 e. The quantitative estimate of drug-likeness (QED) is 0.828. The molecule has 0 spiro atoms. The molecule has 1 aliphatic rings. The van der Waals surface area contributed by atoms with Crippen LogP contribution in [0, 0.1) is 5.92 Å².